The quantitative estimate of drug-likeness (QED) is 0.802. The van der Waals surface area contributed by atoms with Crippen LogP contribution in [0.3, 0.4) is 0 Å². The number of hydrogen-bond acceptors (Lipinski definition) is 4. The van der Waals surface area contributed by atoms with E-state index in [0.29, 0.717) is 24.6 Å². The maximum atomic E-state index is 11.5. The molecule has 0 radical (unpaired) electrons. The second-order valence-electron chi connectivity index (χ2n) is 6.87. The van der Waals surface area contributed by atoms with Crippen molar-refractivity contribution < 1.29 is 31.5 Å². The average molecular weight is 428 g/mol. The summed E-state index contributed by atoms with van der Waals surface area (Å²) in [5, 5.41) is 7.90. The van der Waals surface area contributed by atoms with Crippen LogP contribution in [0, 0.1) is 0 Å². The highest BCUT2D eigenvalue weighted by atomic mass is 35.5. The van der Waals surface area contributed by atoms with Crippen LogP contribution in [0.5, 0.6) is 0 Å². The summed E-state index contributed by atoms with van der Waals surface area (Å²) < 4.78 is 54.8. The van der Waals surface area contributed by atoms with Crippen LogP contribution < -0.4 is 0 Å². The highest BCUT2D eigenvalue weighted by Crippen LogP contribution is 2.44. The first kappa shape index (κ1) is 22.0. The Kier molecular flexibility index (Phi) is 6.81. The van der Waals surface area contributed by atoms with E-state index in [2.05, 4.69) is 17.0 Å². The normalized spacial score (nSPS) is 21.5. The van der Waals surface area contributed by atoms with E-state index in [0.717, 1.165) is 11.6 Å². The monoisotopic (exact) mass is 427 g/mol. The average Bonchev–Trinajstić information content (AvgIpc) is 2.53. The molecule has 0 bridgehead atoms. The number of sulfone groups is 1. The van der Waals surface area contributed by atoms with Gasteiger partial charge < -0.3 is 10.0 Å². The highest BCUT2D eigenvalue weighted by molar-refractivity contribution is 7.91. The van der Waals surface area contributed by atoms with Crippen molar-refractivity contribution >= 4 is 27.4 Å². The molecule has 1 saturated heterocycles. The van der Waals surface area contributed by atoms with Gasteiger partial charge in [-0.25, -0.2) is 13.2 Å². The third-order valence-corrected chi connectivity index (χ3v) is 6.83. The first-order valence-corrected chi connectivity index (χ1v) is 10.6. The van der Waals surface area contributed by atoms with Crippen molar-refractivity contribution in [3.8, 4) is 0 Å². The van der Waals surface area contributed by atoms with E-state index in [4.69, 9.17) is 21.5 Å². The van der Waals surface area contributed by atoms with Gasteiger partial charge in [-0.15, -0.1) is 0 Å². The minimum absolute atomic E-state index is 0.214. The van der Waals surface area contributed by atoms with E-state index in [1.54, 1.807) is 0 Å². The fraction of sp³-hybridized carbons (Fsp3) is 0.588. The number of carboxylic acids is 1. The number of rotatable bonds is 3. The number of aliphatic carboxylic acids is 1. The van der Waals surface area contributed by atoms with Crippen LogP contribution in [-0.2, 0) is 20.0 Å². The molecular formula is C17H21ClF3NO4S. The summed E-state index contributed by atoms with van der Waals surface area (Å²) in [7, 11) is -2.79. The Morgan fingerprint density at radius 2 is 1.63 bits per heavy atom. The SMILES string of the molecule is O=C(O)C(F)(F)F.O=S1(=O)CCN(CC2(c3ccc(Cl)cc3)CCC2)CC1. The van der Waals surface area contributed by atoms with Gasteiger partial charge in [0, 0.05) is 30.1 Å². The lowest BCUT2D eigenvalue weighted by Crippen LogP contribution is -2.50. The lowest BCUT2D eigenvalue weighted by molar-refractivity contribution is -0.192. The van der Waals surface area contributed by atoms with Crippen LogP contribution in [0.25, 0.3) is 0 Å². The van der Waals surface area contributed by atoms with Crippen LogP contribution >= 0.6 is 11.6 Å². The van der Waals surface area contributed by atoms with Crippen LogP contribution in [0.1, 0.15) is 24.8 Å². The second-order valence-corrected chi connectivity index (χ2v) is 9.61. The molecule has 1 aliphatic heterocycles. The van der Waals surface area contributed by atoms with Crippen LogP contribution in [0.4, 0.5) is 13.2 Å². The summed E-state index contributed by atoms with van der Waals surface area (Å²) in [5.74, 6) is -2.14. The van der Waals surface area contributed by atoms with Crippen molar-refractivity contribution in [2.75, 3.05) is 31.1 Å². The number of alkyl halides is 3. The molecule has 1 aromatic carbocycles. The predicted molar refractivity (Wildman–Crippen MR) is 95.8 cm³/mol. The van der Waals surface area contributed by atoms with Crippen molar-refractivity contribution in [3.63, 3.8) is 0 Å². The molecule has 0 aromatic heterocycles. The number of nitrogens with zero attached hydrogens (tertiary/aromatic N) is 1. The Labute approximate surface area is 161 Å². The highest BCUT2D eigenvalue weighted by Gasteiger charge is 2.41. The van der Waals surface area contributed by atoms with Gasteiger partial charge in [0.25, 0.3) is 0 Å². The van der Waals surface area contributed by atoms with E-state index < -0.39 is 22.0 Å². The zero-order valence-corrected chi connectivity index (χ0v) is 16.1. The van der Waals surface area contributed by atoms with Gasteiger partial charge in [-0.3, -0.25) is 0 Å². The number of halogens is 4. The van der Waals surface area contributed by atoms with Gasteiger partial charge in [0.15, 0.2) is 9.84 Å². The zero-order valence-electron chi connectivity index (χ0n) is 14.5. The van der Waals surface area contributed by atoms with Crippen LogP contribution in [0.2, 0.25) is 5.02 Å². The molecule has 0 spiro atoms. The minimum Gasteiger partial charge on any atom is -0.475 e. The van der Waals surface area contributed by atoms with Crippen molar-refractivity contribution in [1.82, 2.24) is 4.90 Å². The lowest BCUT2D eigenvalue weighted by Gasteiger charge is -2.46. The van der Waals surface area contributed by atoms with Crippen molar-refractivity contribution in [2.24, 2.45) is 0 Å². The summed E-state index contributed by atoms with van der Waals surface area (Å²) in [6.07, 6.45) is -1.44. The molecule has 5 nitrogen and oxygen atoms in total. The molecule has 1 aromatic rings. The number of hydrogen-bond donors (Lipinski definition) is 1. The molecule has 0 amide bonds. The maximum absolute atomic E-state index is 11.5. The van der Waals surface area contributed by atoms with Crippen LogP contribution in [0.15, 0.2) is 24.3 Å². The number of carbonyl (C=O) groups is 1. The molecule has 10 heteroatoms. The van der Waals surface area contributed by atoms with Crippen LogP contribution in [-0.4, -0.2) is 61.7 Å². The Hall–Kier alpha value is -1.32. The van der Waals surface area contributed by atoms with Gasteiger partial charge in [-0.2, -0.15) is 13.2 Å². The zero-order chi connectivity index (χ0) is 20.3. The topological polar surface area (TPSA) is 74.7 Å². The van der Waals surface area contributed by atoms with Gasteiger partial charge in [0.1, 0.15) is 0 Å². The summed E-state index contributed by atoms with van der Waals surface area (Å²) >= 11 is 5.97. The van der Waals surface area contributed by atoms with Crippen molar-refractivity contribution in [2.45, 2.75) is 30.9 Å². The number of carboxylic acid groups (broad SMARTS) is 1. The second kappa shape index (κ2) is 8.36. The van der Waals surface area contributed by atoms with E-state index in [9.17, 15) is 21.6 Å². The maximum Gasteiger partial charge on any atom is 0.490 e. The molecule has 0 atom stereocenters. The first-order valence-electron chi connectivity index (χ1n) is 8.43. The molecule has 2 fully saturated rings. The Morgan fingerprint density at radius 3 is 2.00 bits per heavy atom. The molecule has 1 saturated carbocycles. The van der Waals surface area contributed by atoms with Gasteiger partial charge in [0.2, 0.25) is 0 Å². The predicted octanol–water partition coefficient (Wildman–Crippen LogP) is 3.13. The first-order chi connectivity index (χ1) is 12.4. The minimum atomic E-state index is -5.08. The largest absolute Gasteiger partial charge is 0.490 e. The standard InChI is InChI=1S/C15H20ClNO2S.C2HF3O2/c16-14-4-2-13(3-5-14)15(6-1-7-15)12-17-8-10-20(18,19)11-9-17;3-2(4,5)1(6)7/h2-5H,1,6-12H2;(H,6,7). The third-order valence-electron chi connectivity index (χ3n) is 4.97. The fourth-order valence-corrected chi connectivity index (χ4v) is 4.68. The number of benzene rings is 1. The summed E-state index contributed by atoms with van der Waals surface area (Å²) in [5.41, 5.74) is 1.56. The van der Waals surface area contributed by atoms with Gasteiger partial charge in [-0.05, 0) is 30.5 Å². The lowest BCUT2D eigenvalue weighted by atomic mass is 9.64. The summed E-state index contributed by atoms with van der Waals surface area (Å²) in [4.78, 5) is 11.2. The molecule has 152 valence electrons. The Bertz CT molecular complexity index is 747. The molecule has 2 aliphatic rings. The molecule has 27 heavy (non-hydrogen) atoms. The summed E-state index contributed by atoms with van der Waals surface area (Å²) in [6.45, 7) is 2.33. The van der Waals surface area contributed by atoms with E-state index >= 15 is 0 Å². The molecule has 3 rings (SSSR count). The molecule has 1 heterocycles. The van der Waals surface area contributed by atoms with Crippen molar-refractivity contribution in [1.29, 1.82) is 0 Å². The van der Waals surface area contributed by atoms with Gasteiger partial charge >= 0.3 is 12.1 Å². The summed E-state index contributed by atoms with van der Waals surface area (Å²) in [6, 6.07) is 8.17. The molecule has 1 aliphatic carbocycles. The third kappa shape index (κ3) is 6.08. The Balaban J connectivity index is 0.000000321. The smallest absolute Gasteiger partial charge is 0.475 e. The van der Waals surface area contributed by atoms with E-state index in [1.807, 2.05) is 12.1 Å². The molecule has 1 N–H and O–H groups in total. The van der Waals surface area contributed by atoms with Gasteiger partial charge in [-0.1, -0.05) is 30.2 Å². The molecule has 0 unspecified atom stereocenters. The Morgan fingerprint density at radius 1 is 1.15 bits per heavy atom. The molecular weight excluding hydrogens is 407 g/mol. The fourth-order valence-electron chi connectivity index (χ4n) is 3.28. The van der Waals surface area contributed by atoms with Crippen molar-refractivity contribution in [3.05, 3.63) is 34.9 Å². The van der Waals surface area contributed by atoms with Gasteiger partial charge in [0.05, 0.1) is 11.5 Å². The van der Waals surface area contributed by atoms with E-state index in [-0.39, 0.29) is 5.41 Å². The van der Waals surface area contributed by atoms with E-state index in [1.165, 1.54) is 24.8 Å².